The third-order valence-corrected chi connectivity index (χ3v) is 2.90. The van der Waals surface area contributed by atoms with Gasteiger partial charge in [0.2, 0.25) is 0 Å². The first kappa shape index (κ1) is 11.9. The molecule has 0 amide bonds. The first-order valence-corrected chi connectivity index (χ1v) is 5.87. The molecule has 4 heteroatoms. The minimum Gasteiger partial charge on any atom is -0.482 e. The van der Waals surface area contributed by atoms with E-state index >= 15 is 0 Å². The van der Waals surface area contributed by atoms with Gasteiger partial charge >= 0.3 is 5.97 Å². The van der Waals surface area contributed by atoms with Gasteiger partial charge in [-0.05, 0) is 43.0 Å². The first-order chi connectivity index (χ1) is 8.20. The van der Waals surface area contributed by atoms with Gasteiger partial charge in [0.15, 0.2) is 6.61 Å². The van der Waals surface area contributed by atoms with Crippen LogP contribution in [0.25, 0.3) is 0 Å². The Bertz CT molecular complexity index is 417. The Morgan fingerprint density at radius 2 is 2.35 bits per heavy atom. The molecule has 0 saturated carbocycles. The highest BCUT2D eigenvalue weighted by atomic mass is 16.6. The van der Waals surface area contributed by atoms with Crippen molar-refractivity contribution in [3.8, 4) is 5.75 Å². The van der Waals surface area contributed by atoms with Crippen molar-refractivity contribution >= 4 is 5.97 Å². The topological polar surface area (TPSA) is 61.5 Å². The first-order valence-electron chi connectivity index (χ1n) is 5.87. The molecule has 0 saturated heterocycles. The lowest BCUT2D eigenvalue weighted by Crippen LogP contribution is -2.14. The number of ether oxygens (including phenoxy) is 2. The summed E-state index contributed by atoms with van der Waals surface area (Å²) in [7, 11) is 0. The van der Waals surface area contributed by atoms with Crippen LogP contribution in [0, 0.1) is 0 Å². The summed E-state index contributed by atoms with van der Waals surface area (Å²) in [6.07, 6.45) is 1.96. The van der Waals surface area contributed by atoms with E-state index in [0.29, 0.717) is 12.4 Å². The van der Waals surface area contributed by atoms with Crippen LogP contribution in [-0.4, -0.2) is 19.2 Å². The van der Waals surface area contributed by atoms with Gasteiger partial charge in [0, 0.05) is 6.04 Å². The normalized spacial score (nSPS) is 17.6. The second kappa shape index (κ2) is 5.19. The van der Waals surface area contributed by atoms with Crippen LogP contribution in [0.4, 0.5) is 0 Å². The minimum absolute atomic E-state index is 0.0430. The van der Waals surface area contributed by atoms with Crippen LogP contribution < -0.4 is 10.5 Å². The van der Waals surface area contributed by atoms with Gasteiger partial charge in [-0.3, -0.25) is 0 Å². The fourth-order valence-electron chi connectivity index (χ4n) is 2.06. The van der Waals surface area contributed by atoms with E-state index in [1.54, 1.807) is 6.92 Å². The van der Waals surface area contributed by atoms with Gasteiger partial charge in [-0.15, -0.1) is 0 Å². The Kier molecular flexibility index (Phi) is 3.64. The number of carbonyl (C=O) groups excluding carboxylic acids is 1. The summed E-state index contributed by atoms with van der Waals surface area (Å²) in [5.74, 6) is 0.357. The van der Waals surface area contributed by atoms with Crippen LogP contribution in [0.5, 0.6) is 5.75 Å². The highest BCUT2D eigenvalue weighted by molar-refractivity contribution is 5.71. The lowest BCUT2D eigenvalue weighted by atomic mass is 10.1. The molecular formula is C13H17NO3. The number of aryl methyl sites for hydroxylation is 1. The van der Waals surface area contributed by atoms with Crippen molar-refractivity contribution in [3.05, 3.63) is 29.3 Å². The zero-order valence-electron chi connectivity index (χ0n) is 9.94. The highest BCUT2D eigenvalue weighted by Crippen LogP contribution is 2.31. The summed E-state index contributed by atoms with van der Waals surface area (Å²) >= 11 is 0. The van der Waals surface area contributed by atoms with Crippen molar-refractivity contribution in [3.63, 3.8) is 0 Å². The van der Waals surface area contributed by atoms with E-state index in [-0.39, 0.29) is 18.6 Å². The SMILES string of the molecule is CCOC(=O)COc1ccc2c(c1)CC[C@@H]2N. The molecule has 1 aromatic carbocycles. The van der Waals surface area contributed by atoms with Crippen LogP contribution in [0.1, 0.15) is 30.5 Å². The number of fused-ring (bicyclic) bond motifs is 1. The average Bonchev–Trinajstić information content (AvgIpc) is 2.69. The van der Waals surface area contributed by atoms with Gasteiger partial charge < -0.3 is 15.2 Å². The Hall–Kier alpha value is -1.55. The fourth-order valence-corrected chi connectivity index (χ4v) is 2.06. The predicted molar refractivity (Wildman–Crippen MR) is 63.8 cm³/mol. The molecule has 0 bridgehead atoms. The van der Waals surface area contributed by atoms with Crippen LogP contribution in [0.3, 0.4) is 0 Å². The molecule has 17 heavy (non-hydrogen) atoms. The Morgan fingerprint density at radius 1 is 1.53 bits per heavy atom. The van der Waals surface area contributed by atoms with Gasteiger partial charge in [-0.2, -0.15) is 0 Å². The van der Waals surface area contributed by atoms with Crippen LogP contribution in [0.15, 0.2) is 18.2 Å². The van der Waals surface area contributed by atoms with E-state index in [1.165, 1.54) is 11.1 Å². The maximum absolute atomic E-state index is 11.1. The van der Waals surface area contributed by atoms with Gasteiger partial charge in [0.05, 0.1) is 6.61 Å². The van der Waals surface area contributed by atoms with Gasteiger partial charge in [-0.1, -0.05) is 6.07 Å². The Labute approximate surface area is 101 Å². The number of carbonyl (C=O) groups is 1. The molecule has 2 N–H and O–H groups in total. The van der Waals surface area contributed by atoms with Gasteiger partial charge in [0.1, 0.15) is 5.75 Å². The number of hydrogen-bond donors (Lipinski definition) is 1. The number of nitrogens with two attached hydrogens (primary N) is 1. The summed E-state index contributed by atoms with van der Waals surface area (Å²) in [5.41, 5.74) is 8.35. The third kappa shape index (κ3) is 2.77. The molecule has 1 aliphatic rings. The van der Waals surface area contributed by atoms with Gasteiger partial charge in [0.25, 0.3) is 0 Å². The zero-order valence-corrected chi connectivity index (χ0v) is 9.94. The fraction of sp³-hybridized carbons (Fsp3) is 0.462. The molecule has 0 spiro atoms. The molecule has 2 rings (SSSR count). The summed E-state index contributed by atoms with van der Waals surface area (Å²) in [4.78, 5) is 11.1. The molecule has 0 aliphatic heterocycles. The predicted octanol–water partition coefficient (Wildman–Crippen LogP) is 1.57. The van der Waals surface area contributed by atoms with Gasteiger partial charge in [-0.25, -0.2) is 4.79 Å². The van der Waals surface area contributed by atoms with Crippen molar-refractivity contribution in [2.24, 2.45) is 5.73 Å². The van der Waals surface area contributed by atoms with Crippen LogP contribution in [-0.2, 0) is 16.0 Å². The van der Waals surface area contributed by atoms with Crippen molar-refractivity contribution in [1.82, 2.24) is 0 Å². The Morgan fingerprint density at radius 3 is 3.12 bits per heavy atom. The summed E-state index contributed by atoms with van der Waals surface area (Å²) in [5, 5.41) is 0. The number of rotatable bonds is 4. The van der Waals surface area contributed by atoms with Crippen LogP contribution >= 0.6 is 0 Å². The second-order valence-electron chi connectivity index (χ2n) is 4.10. The van der Waals surface area contributed by atoms with E-state index in [1.807, 2.05) is 18.2 Å². The molecular weight excluding hydrogens is 218 g/mol. The summed E-state index contributed by atoms with van der Waals surface area (Å²) in [6, 6.07) is 5.93. The van der Waals surface area contributed by atoms with E-state index in [0.717, 1.165) is 12.8 Å². The van der Waals surface area contributed by atoms with E-state index in [2.05, 4.69) is 0 Å². The average molecular weight is 235 g/mol. The molecule has 1 aromatic rings. The maximum Gasteiger partial charge on any atom is 0.344 e. The molecule has 0 heterocycles. The largest absolute Gasteiger partial charge is 0.482 e. The number of esters is 1. The summed E-state index contributed by atoms with van der Waals surface area (Å²) < 4.78 is 10.2. The van der Waals surface area contributed by atoms with Crippen molar-refractivity contribution in [2.75, 3.05) is 13.2 Å². The standard InChI is InChI=1S/C13H17NO3/c1-2-16-13(15)8-17-10-4-5-11-9(7-10)3-6-12(11)14/h4-5,7,12H,2-3,6,8,14H2,1H3/t12-/m0/s1. The third-order valence-electron chi connectivity index (χ3n) is 2.90. The number of benzene rings is 1. The minimum atomic E-state index is -0.343. The molecule has 0 aromatic heterocycles. The maximum atomic E-state index is 11.1. The lowest BCUT2D eigenvalue weighted by Gasteiger charge is -2.08. The molecule has 4 nitrogen and oxygen atoms in total. The highest BCUT2D eigenvalue weighted by Gasteiger charge is 2.19. The molecule has 92 valence electrons. The molecule has 0 fully saturated rings. The smallest absolute Gasteiger partial charge is 0.344 e. The van der Waals surface area contributed by atoms with Crippen molar-refractivity contribution < 1.29 is 14.3 Å². The molecule has 0 radical (unpaired) electrons. The monoisotopic (exact) mass is 235 g/mol. The van der Waals surface area contributed by atoms with E-state index in [4.69, 9.17) is 15.2 Å². The second-order valence-corrected chi connectivity index (χ2v) is 4.10. The quantitative estimate of drug-likeness (QED) is 0.805. The van der Waals surface area contributed by atoms with Crippen molar-refractivity contribution in [1.29, 1.82) is 0 Å². The Balaban J connectivity index is 1.97. The zero-order chi connectivity index (χ0) is 12.3. The van der Waals surface area contributed by atoms with Crippen LogP contribution in [0.2, 0.25) is 0 Å². The lowest BCUT2D eigenvalue weighted by molar-refractivity contribution is -0.145. The molecule has 1 atom stereocenters. The summed E-state index contributed by atoms with van der Waals surface area (Å²) in [6.45, 7) is 2.11. The van der Waals surface area contributed by atoms with Crippen molar-refractivity contribution in [2.45, 2.75) is 25.8 Å². The number of hydrogen-bond acceptors (Lipinski definition) is 4. The molecule has 0 unspecified atom stereocenters. The van der Waals surface area contributed by atoms with E-state index in [9.17, 15) is 4.79 Å². The molecule has 1 aliphatic carbocycles. The van der Waals surface area contributed by atoms with E-state index < -0.39 is 0 Å².